The Hall–Kier alpha value is -0.970. The van der Waals surface area contributed by atoms with E-state index in [0.717, 1.165) is 10.0 Å². The summed E-state index contributed by atoms with van der Waals surface area (Å²) in [6, 6.07) is 11.9. The number of hydrogen-bond donors (Lipinski definition) is 0. The lowest BCUT2D eigenvalue weighted by Gasteiger charge is -2.23. The lowest BCUT2D eigenvalue weighted by molar-refractivity contribution is 0.0925. The number of hydrogen-bond acceptors (Lipinski definition) is 3. The number of benzene rings is 1. The molecule has 0 amide bonds. The number of carbonyl (C=O) groups excluding carboxylic acids is 1. The highest BCUT2D eigenvalue weighted by atomic mass is 79.9. The summed E-state index contributed by atoms with van der Waals surface area (Å²) in [6.45, 7) is 2.55. The molecule has 19 heavy (non-hydrogen) atoms. The lowest BCUT2D eigenvalue weighted by Crippen LogP contribution is -2.28. The van der Waals surface area contributed by atoms with Crippen LogP contribution in [0.5, 0.6) is 0 Å². The first-order valence-electron chi connectivity index (χ1n) is 6.10. The van der Waals surface area contributed by atoms with Crippen LogP contribution in [0.25, 0.3) is 0 Å². The number of halogens is 1. The van der Waals surface area contributed by atoms with Gasteiger partial charge < -0.3 is 0 Å². The van der Waals surface area contributed by atoms with Crippen molar-refractivity contribution in [2.45, 2.75) is 13.0 Å². The van der Waals surface area contributed by atoms with Crippen LogP contribution in [0.4, 0.5) is 0 Å². The molecule has 0 fully saturated rings. The third-order valence-corrected chi connectivity index (χ3v) is 4.69. The molecule has 0 radical (unpaired) electrons. The van der Waals surface area contributed by atoms with Gasteiger partial charge in [-0.2, -0.15) is 0 Å². The van der Waals surface area contributed by atoms with Gasteiger partial charge >= 0.3 is 0 Å². The van der Waals surface area contributed by atoms with Crippen LogP contribution in [0.1, 0.15) is 28.2 Å². The third-order valence-electron chi connectivity index (χ3n) is 3.16. The van der Waals surface area contributed by atoms with E-state index in [-0.39, 0.29) is 11.8 Å². The van der Waals surface area contributed by atoms with Gasteiger partial charge in [-0.05, 0) is 37.6 Å². The van der Waals surface area contributed by atoms with Crippen molar-refractivity contribution >= 4 is 33.0 Å². The number of carbonyl (C=O) groups is 1. The first-order chi connectivity index (χ1) is 9.08. The third kappa shape index (κ3) is 3.75. The Labute approximate surface area is 126 Å². The standard InChI is InChI=1S/C15H16BrNOS/c1-11(15-7-4-8-19-15)17(2)10-14(18)12-5-3-6-13(16)9-12/h3-9,11H,10H2,1-2H3. The average molecular weight is 338 g/mol. The summed E-state index contributed by atoms with van der Waals surface area (Å²) in [5, 5.41) is 2.07. The summed E-state index contributed by atoms with van der Waals surface area (Å²) in [6.07, 6.45) is 0. The fraction of sp³-hybridized carbons (Fsp3) is 0.267. The molecular formula is C15H16BrNOS. The van der Waals surface area contributed by atoms with E-state index >= 15 is 0 Å². The summed E-state index contributed by atoms with van der Waals surface area (Å²) in [4.78, 5) is 15.6. The zero-order valence-electron chi connectivity index (χ0n) is 11.0. The number of likely N-dealkylation sites (N-methyl/N-ethyl adjacent to an activating group) is 1. The van der Waals surface area contributed by atoms with E-state index in [9.17, 15) is 4.79 Å². The molecule has 0 aliphatic heterocycles. The Bertz CT molecular complexity index is 553. The van der Waals surface area contributed by atoms with Crippen LogP contribution in [-0.4, -0.2) is 24.3 Å². The minimum absolute atomic E-state index is 0.146. The molecule has 0 saturated carbocycles. The number of Topliss-reactive ketones (excluding diaryl/α,β-unsaturated/α-hetero) is 1. The molecule has 0 aliphatic carbocycles. The van der Waals surface area contributed by atoms with E-state index in [4.69, 9.17) is 0 Å². The van der Waals surface area contributed by atoms with Gasteiger partial charge in [-0.15, -0.1) is 11.3 Å². The van der Waals surface area contributed by atoms with Crippen LogP contribution in [0.3, 0.4) is 0 Å². The van der Waals surface area contributed by atoms with Gasteiger partial charge in [0.1, 0.15) is 0 Å². The van der Waals surface area contributed by atoms with Crippen molar-refractivity contribution in [1.82, 2.24) is 4.90 Å². The second kappa shape index (κ2) is 6.46. The Morgan fingerprint density at radius 2 is 2.16 bits per heavy atom. The zero-order chi connectivity index (χ0) is 13.8. The fourth-order valence-corrected chi connectivity index (χ4v) is 3.11. The fourth-order valence-electron chi connectivity index (χ4n) is 1.86. The molecule has 2 aromatic rings. The summed E-state index contributed by atoms with van der Waals surface area (Å²) in [5.41, 5.74) is 0.750. The number of nitrogens with zero attached hydrogens (tertiary/aromatic N) is 1. The average Bonchev–Trinajstić information content (AvgIpc) is 2.91. The zero-order valence-corrected chi connectivity index (χ0v) is 13.4. The minimum Gasteiger partial charge on any atom is -0.293 e. The van der Waals surface area contributed by atoms with Gasteiger partial charge in [-0.3, -0.25) is 9.69 Å². The molecule has 0 spiro atoms. The Kier molecular flexibility index (Phi) is 4.91. The van der Waals surface area contributed by atoms with Gasteiger partial charge in [0.05, 0.1) is 6.54 Å². The maximum absolute atomic E-state index is 12.2. The molecule has 4 heteroatoms. The predicted molar refractivity (Wildman–Crippen MR) is 83.8 cm³/mol. The molecule has 1 unspecified atom stereocenters. The van der Waals surface area contributed by atoms with E-state index < -0.39 is 0 Å². The van der Waals surface area contributed by atoms with Gasteiger partial charge in [0, 0.05) is 21.0 Å². The van der Waals surface area contributed by atoms with Crippen molar-refractivity contribution in [2.24, 2.45) is 0 Å². The van der Waals surface area contributed by atoms with Crippen molar-refractivity contribution < 1.29 is 4.79 Å². The van der Waals surface area contributed by atoms with Gasteiger partial charge in [0.25, 0.3) is 0 Å². The monoisotopic (exact) mass is 337 g/mol. The van der Waals surface area contributed by atoms with Gasteiger partial charge in [-0.1, -0.05) is 34.1 Å². The largest absolute Gasteiger partial charge is 0.293 e. The summed E-state index contributed by atoms with van der Waals surface area (Å²) >= 11 is 5.12. The molecule has 100 valence electrons. The van der Waals surface area contributed by atoms with Crippen molar-refractivity contribution in [3.8, 4) is 0 Å². The molecule has 1 aromatic heterocycles. The van der Waals surface area contributed by atoms with Gasteiger partial charge in [-0.25, -0.2) is 0 Å². The molecule has 1 aromatic carbocycles. The Morgan fingerprint density at radius 3 is 2.79 bits per heavy atom. The number of rotatable bonds is 5. The van der Waals surface area contributed by atoms with E-state index in [2.05, 4.69) is 39.2 Å². The summed E-state index contributed by atoms with van der Waals surface area (Å²) in [5.74, 6) is 0.146. The number of ketones is 1. The summed E-state index contributed by atoms with van der Waals surface area (Å²) in [7, 11) is 1.99. The van der Waals surface area contributed by atoms with Crippen molar-refractivity contribution in [3.05, 3.63) is 56.7 Å². The molecular weight excluding hydrogens is 322 g/mol. The van der Waals surface area contributed by atoms with Crippen molar-refractivity contribution in [2.75, 3.05) is 13.6 Å². The van der Waals surface area contributed by atoms with Crippen LogP contribution in [0.2, 0.25) is 0 Å². The molecule has 0 aliphatic rings. The van der Waals surface area contributed by atoms with Crippen LogP contribution >= 0.6 is 27.3 Å². The van der Waals surface area contributed by atoms with E-state index in [0.29, 0.717) is 6.54 Å². The predicted octanol–water partition coefficient (Wildman–Crippen LogP) is 4.39. The normalized spacial score (nSPS) is 12.6. The quantitative estimate of drug-likeness (QED) is 0.754. The van der Waals surface area contributed by atoms with Crippen LogP contribution in [0, 0.1) is 0 Å². The van der Waals surface area contributed by atoms with Crippen LogP contribution in [-0.2, 0) is 0 Å². The maximum Gasteiger partial charge on any atom is 0.176 e. The van der Waals surface area contributed by atoms with Crippen LogP contribution in [0.15, 0.2) is 46.3 Å². The second-order valence-electron chi connectivity index (χ2n) is 4.54. The number of thiophene rings is 1. The maximum atomic E-state index is 12.2. The highest BCUT2D eigenvalue weighted by Crippen LogP contribution is 2.23. The smallest absolute Gasteiger partial charge is 0.176 e. The Balaban J connectivity index is 2.03. The second-order valence-corrected chi connectivity index (χ2v) is 6.43. The lowest BCUT2D eigenvalue weighted by atomic mass is 10.1. The SMILES string of the molecule is CC(c1cccs1)N(C)CC(=O)c1cccc(Br)c1. The molecule has 0 saturated heterocycles. The minimum atomic E-state index is 0.146. The molecule has 1 atom stereocenters. The molecule has 2 nitrogen and oxygen atoms in total. The first-order valence-corrected chi connectivity index (χ1v) is 7.77. The molecule has 0 N–H and O–H groups in total. The van der Waals surface area contributed by atoms with Gasteiger partial charge in [0.15, 0.2) is 5.78 Å². The van der Waals surface area contributed by atoms with E-state index in [1.807, 2.05) is 37.4 Å². The summed E-state index contributed by atoms with van der Waals surface area (Å²) < 4.78 is 0.937. The molecule has 0 bridgehead atoms. The highest BCUT2D eigenvalue weighted by molar-refractivity contribution is 9.10. The Morgan fingerprint density at radius 1 is 1.37 bits per heavy atom. The van der Waals surface area contributed by atoms with E-state index in [1.165, 1.54) is 4.88 Å². The van der Waals surface area contributed by atoms with E-state index in [1.54, 1.807) is 11.3 Å². The van der Waals surface area contributed by atoms with Crippen LogP contribution < -0.4 is 0 Å². The van der Waals surface area contributed by atoms with Gasteiger partial charge in [0.2, 0.25) is 0 Å². The van der Waals surface area contributed by atoms with Crippen molar-refractivity contribution in [3.63, 3.8) is 0 Å². The first kappa shape index (κ1) is 14.4. The molecule has 2 rings (SSSR count). The topological polar surface area (TPSA) is 20.3 Å². The van der Waals surface area contributed by atoms with Crippen molar-refractivity contribution in [1.29, 1.82) is 0 Å². The molecule has 1 heterocycles. The highest BCUT2D eigenvalue weighted by Gasteiger charge is 2.16.